The Morgan fingerprint density at radius 1 is 1.35 bits per heavy atom. The second-order valence-electron chi connectivity index (χ2n) is 3.54. The SMILES string of the molecule is COc1cccc(CN(C)C(=O)CCl)c1OC. The Bertz CT molecular complexity index is 395. The van der Waals surface area contributed by atoms with Gasteiger partial charge in [0.2, 0.25) is 5.91 Å². The number of benzene rings is 1. The zero-order chi connectivity index (χ0) is 12.8. The van der Waals surface area contributed by atoms with Crippen LogP contribution in [0.15, 0.2) is 18.2 Å². The standard InChI is InChI=1S/C12H16ClNO3/c1-14(11(15)7-13)8-9-5-4-6-10(16-2)12(9)17-3/h4-6H,7-8H2,1-3H3. The summed E-state index contributed by atoms with van der Waals surface area (Å²) in [6.45, 7) is 0.436. The minimum absolute atomic E-state index is 0.0250. The fourth-order valence-electron chi connectivity index (χ4n) is 1.52. The summed E-state index contributed by atoms with van der Waals surface area (Å²) in [5.41, 5.74) is 0.882. The van der Waals surface area contributed by atoms with Crippen LogP contribution in [0.5, 0.6) is 11.5 Å². The summed E-state index contributed by atoms with van der Waals surface area (Å²) in [5.74, 6) is 1.14. The van der Waals surface area contributed by atoms with E-state index < -0.39 is 0 Å². The molecule has 17 heavy (non-hydrogen) atoms. The van der Waals surface area contributed by atoms with Gasteiger partial charge in [-0.15, -0.1) is 11.6 Å². The molecule has 0 aliphatic carbocycles. The summed E-state index contributed by atoms with van der Waals surface area (Å²) >= 11 is 5.50. The van der Waals surface area contributed by atoms with E-state index in [0.717, 1.165) is 5.56 Å². The maximum atomic E-state index is 11.4. The first-order chi connectivity index (χ1) is 8.13. The molecule has 0 saturated heterocycles. The minimum atomic E-state index is -0.128. The molecule has 0 bridgehead atoms. The molecular weight excluding hydrogens is 242 g/mol. The monoisotopic (exact) mass is 257 g/mol. The molecule has 1 amide bonds. The number of hydrogen-bond donors (Lipinski definition) is 0. The zero-order valence-corrected chi connectivity index (χ0v) is 11.0. The largest absolute Gasteiger partial charge is 0.493 e. The molecule has 5 heteroatoms. The van der Waals surface area contributed by atoms with Crippen molar-refractivity contribution in [1.82, 2.24) is 4.90 Å². The molecule has 0 N–H and O–H groups in total. The highest BCUT2D eigenvalue weighted by molar-refractivity contribution is 6.27. The van der Waals surface area contributed by atoms with E-state index in [-0.39, 0.29) is 11.8 Å². The van der Waals surface area contributed by atoms with Gasteiger partial charge in [-0.3, -0.25) is 4.79 Å². The van der Waals surface area contributed by atoms with Gasteiger partial charge in [0, 0.05) is 19.2 Å². The molecule has 0 aromatic heterocycles. The molecule has 0 heterocycles. The quantitative estimate of drug-likeness (QED) is 0.757. The maximum absolute atomic E-state index is 11.4. The molecular formula is C12H16ClNO3. The van der Waals surface area contributed by atoms with Gasteiger partial charge in [0.15, 0.2) is 11.5 Å². The Morgan fingerprint density at radius 2 is 2.06 bits per heavy atom. The number of carbonyl (C=O) groups excluding carboxylic acids is 1. The van der Waals surface area contributed by atoms with Crippen molar-refractivity contribution in [3.8, 4) is 11.5 Å². The molecule has 1 rings (SSSR count). The van der Waals surface area contributed by atoms with Gasteiger partial charge >= 0.3 is 0 Å². The smallest absolute Gasteiger partial charge is 0.237 e. The summed E-state index contributed by atoms with van der Waals surface area (Å²) in [6, 6.07) is 5.56. The average molecular weight is 258 g/mol. The molecule has 0 atom stereocenters. The van der Waals surface area contributed by atoms with Gasteiger partial charge in [-0.1, -0.05) is 12.1 Å². The number of methoxy groups -OCH3 is 2. The average Bonchev–Trinajstić information content (AvgIpc) is 2.37. The van der Waals surface area contributed by atoms with Crippen LogP contribution in [-0.4, -0.2) is 38.0 Å². The van der Waals surface area contributed by atoms with E-state index in [9.17, 15) is 4.79 Å². The lowest BCUT2D eigenvalue weighted by atomic mass is 10.1. The molecule has 94 valence electrons. The van der Waals surface area contributed by atoms with Crippen LogP contribution in [0.2, 0.25) is 0 Å². The minimum Gasteiger partial charge on any atom is -0.493 e. The van der Waals surface area contributed by atoms with Crippen LogP contribution in [0.4, 0.5) is 0 Å². The van der Waals surface area contributed by atoms with Crippen LogP contribution in [0.3, 0.4) is 0 Å². The molecule has 0 aliphatic heterocycles. The fourth-order valence-corrected chi connectivity index (χ4v) is 1.73. The van der Waals surface area contributed by atoms with Crippen molar-refractivity contribution < 1.29 is 14.3 Å². The van der Waals surface area contributed by atoms with Gasteiger partial charge < -0.3 is 14.4 Å². The van der Waals surface area contributed by atoms with Crippen molar-refractivity contribution in [2.45, 2.75) is 6.54 Å². The first kappa shape index (κ1) is 13.6. The van der Waals surface area contributed by atoms with Gasteiger partial charge in [-0.2, -0.15) is 0 Å². The highest BCUT2D eigenvalue weighted by Gasteiger charge is 2.13. The summed E-state index contributed by atoms with van der Waals surface area (Å²) in [5, 5.41) is 0. The second-order valence-corrected chi connectivity index (χ2v) is 3.80. The van der Waals surface area contributed by atoms with Crippen molar-refractivity contribution in [3.63, 3.8) is 0 Å². The third-order valence-electron chi connectivity index (χ3n) is 2.43. The number of para-hydroxylation sites is 1. The van der Waals surface area contributed by atoms with Gasteiger partial charge in [0.05, 0.1) is 14.2 Å². The van der Waals surface area contributed by atoms with Crippen LogP contribution >= 0.6 is 11.6 Å². The van der Waals surface area contributed by atoms with Crippen molar-refractivity contribution >= 4 is 17.5 Å². The zero-order valence-electron chi connectivity index (χ0n) is 10.2. The number of hydrogen-bond acceptors (Lipinski definition) is 3. The van der Waals surface area contributed by atoms with E-state index in [1.807, 2.05) is 18.2 Å². The van der Waals surface area contributed by atoms with Gasteiger partial charge in [-0.25, -0.2) is 0 Å². The van der Waals surface area contributed by atoms with E-state index in [4.69, 9.17) is 21.1 Å². The predicted octanol–water partition coefficient (Wildman–Crippen LogP) is 1.90. The van der Waals surface area contributed by atoms with Crippen LogP contribution in [0.25, 0.3) is 0 Å². The molecule has 0 aliphatic rings. The number of rotatable bonds is 5. The molecule has 0 fully saturated rings. The lowest BCUT2D eigenvalue weighted by Crippen LogP contribution is -2.27. The first-order valence-corrected chi connectivity index (χ1v) is 5.67. The normalized spacial score (nSPS) is 9.88. The fraction of sp³-hybridized carbons (Fsp3) is 0.417. The van der Waals surface area contributed by atoms with Crippen LogP contribution < -0.4 is 9.47 Å². The molecule has 0 saturated carbocycles. The highest BCUT2D eigenvalue weighted by Crippen LogP contribution is 2.31. The van der Waals surface area contributed by atoms with Gasteiger partial charge in [0.1, 0.15) is 5.88 Å². The molecule has 0 spiro atoms. The number of amides is 1. The Labute approximate surface area is 106 Å². The molecule has 0 unspecified atom stereocenters. The molecule has 1 aromatic rings. The van der Waals surface area contributed by atoms with Crippen molar-refractivity contribution in [2.75, 3.05) is 27.1 Å². The number of carbonyl (C=O) groups is 1. The predicted molar refractivity (Wildman–Crippen MR) is 66.7 cm³/mol. The Morgan fingerprint density at radius 3 is 2.59 bits per heavy atom. The molecule has 4 nitrogen and oxygen atoms in total. The van der Waals surface area contributed by atoms with E-state index in [1.165, 1.54) is 0 Å². The Kier molecular flexibility index (Phi) is 5.10. The lowest BCUT2D eigenvalue weighted by Gasteiger charge is -2.18. The molecule has 0 radical (unpaired) electrons. The van der Waals surface area contributed by atoms with Gasteiger partial charge in [-0.05, 0) is 6.07 Å². The second kappa shape index (κ2) is 6.35. The third-order valence-corrected chi connectivity index (χ3v) is 2.66. The summed E-state index contributed by atoms with van der Waals surface area (Å²) in [4.78, 5) is 12.9. The van der Waals surface area contributed by atoms with Crippen LogP contribution in [-0.2, 0) is 11.3 Å². The number of nitrogens with zero attached hydrogens (tertiary/aromatic N) is 1. The van der Waals surface area contributed by atoms with Crippen LogP contribution in [0, 0.1) is 0 Å². The van der Waals surface area contributed by atoms with Crippen LogP contribution in [0.1, 0.15) is 5.56 Å². The maximum Gasteiger partial charge on any atom is 0.237 e. The third kappa shape index (κ3) is 3.27. The van der Waals surface area contributed by atoms with E-state index >= 15 is 0 Å². The van der Waals surface area contributed by atoms with E-state index in [0.29, 0.717) is 18.0 Å². The first-order valence-electron chi connectivity index (χ1n) is 5.13. The van der Waals surface area contributed by atoms with Crippen molar-refractivity contribution in [1.29, 1.82) is 0 Å². The highest BCUT2D eigenvalue weighted by atomic mass is 35.5. The number of halogens is 1. The Hall–Kier alpha value is -1.42. The number of ether oxygens (including phenoxy) is 2. The number of alkyl halides is 1. The van der Waals surface area contributed by atoms with E-state index in [2.05, 4.69) is 0 Å². The summed E-state index contributed by atoms with van der Waals surface area (Å²) < 4.78 is 10.5. The summed E-state index contributed by atoms with van der Waals surface area (Å²) in [7, 11) is 4.85. The topological polar surface area (TPSA) is 38.8 Å². The Balaban J connectivity index is 2.94. The van der Waals surface area contributed by atoms with Gasteiger partial charge in [0.25, 0.3) is 0 Å². The van der Waals surface area contributed by atoms with Crippen molar-refractivity contribution in [3.05, 3.63) is 23.8 Å². The summed E-state index contributed by atoms with van der Waals surface area (Å²) in [6.07, 6.45) is 0. The lowest BCUT2D eigenvalue weighted by molar-refractivity contribution is -0.127. The molecule has 1 aromatic carbocycles. The van der Waals surface area contributed by atoms with E-state index in [1.54, 1.807) is 26.2 Å². The van der Waals surface area contributed by atoms with Crippen molar-refractivity contribution in [2.24, 2.45) is 0 Å².